The molecule has 3 aromatic rings. The predicted octanol–water partition coefficient (Wildman–Crippen LogP) is 2.83. The molecule has 3 aromatic heterocycles. The van der Waals surface area contributed by atoms with E-state index in [0.717, 1.165) is 28.7 Å². The zero-order valence-electron chi connectivity index (χ0n) is 13.3. The van der Waals surface area contributed by atoms with E-state index in [4.69, 9.17) is 4.42 Å². The molecule has 0 fully saturated rings. The lowest BCUT2D eigenvalue weighted by Gasteiger charge is -1.98. The molecule has 0 saturated heterocycles. The number of aromatic nitrogens is 4. The predicted molar refractivity (Wildman–Crippen MR) is 93.7 cm³/mol. The summed E-state index contributed by atoms with van der Waals surface area (Å²) in [5, 5.41) is 11.2. The van der Waals surface area contributed by atoms with E-state index in [1.165, 1.54) is 6.92 Å². The van der Waals surface area contributed by atoms with Gasteiger partial charge in [0.05, 0.1) is 16.3 Å². The van der Waals surface area contributed by atoms with Gasteiger partial charge in [-0.1, -0.05) is 23.1 Å². The van der Waals surface area contributed by atoms with Gasteiger partial charge in [-0.15, -0.1) is 10.2 Å². The van der Waals surface area contributed by atoms with Crippen LogP contribution in [0, 0.1) is 6.92 Å². The van der Waals surface area contributed by atoms with Gasteiger partial charge >= 0.3 is 0 Å². The third-order valence-corrected chi connectivity index (χ3v) is 5.02. The van der Waals surface area contributed by atoms with Crippen molar-refractivity contribution >= 4 is 39.9 Å². The third kappa shape index (κ3) is 4.28. The molecule has 8 nitrogen and oxygen atoms in total. The highest BCUT2D eigenvalue weighted by atomic mass is 32.2. The Labute approximate surface area is 151 Å². The van der Waals surface area contributed by atoms with Crippen LogP contribution < -0.4 is 5.32 Å². The summed E-state index contributed by atoms with van der Waals surface area (Å²) in [5.41, 5.74) is 1.37. The SMILES string of the molecule is CC(=O)c1sc(NC(=O)CSc2nnc(-c3ccncc3)o2)nc1C. The molecule has 128 valence electrons. The average molecular weight is 375 g/mol. The Hall–Kier alpha value is -2.59. The number of anilines is 1. The second-order valence-corrected chi connectivity index (χ2v) is 6.86. The Morgan fingerprint density at radius 2 is 2.04 bits per heavy atom. The minimum Gasteiger partial charge on any atom is -0.411 e. The van der Waals surface area contributed by atoms with Gasteiger partial charge in [0, 0.05) is 24.9 Å². The molecule has 0 aliphatic heterocycles. The molecule has 0 aromatic carbocycles. The number of ketones is 1. The molecule has 10 heteroatoms. The largest absolute Gasteiger partial charge is 0.411 e. The lowest BCUT2D eigenvalue weighted by Crippen LogP contribution is -2.13. The maximum absolute atomic E-state index is 12.0. The molecule has 0 aliphatic carbocycles. The van der Waals surface area contributed by atoms with Gasteiger partial charge in [-0.3, -0.25) is 14.6 Å². The van der Waals surface area contributed by atoms with E-state index in [-0.39, 0.29) is 17.4 Å². The molecule has 25 heavy (non-hydrogen) atoms. The fourth-order valence-electron chi connectivity index (χ4n) is 1.94. The molecule has 0 radical (unpaired) electrons. The summed E-state index contributed by atoms with van der Waals surface area (Å²) in [6.07, 6.45) is 3.26. The molecule has 3 rings (SSSR count). The van der Waals surface area contributed by atoms with Crippen LogP contribution in [0.25, 0.3) is 11.5 Å². The van der Waals surface area contributed by atoms with Crippen LogP contribution >= 0.6 is 23.1 Å². The number of hydrogen-bond acceptors (Lipinski definition) is 9. The van der Waals surface area contributed by atoms with E-state index in [1.54, 1.807) is 31.5 Å². The zero-order valence-corrected chi connectivity index (χ0v) is 15.0. The molecule has 1 amide bonds. The van der Waals surface area contributed by atoms with Gasteiger partial charge in [0.25, 0.3) is 5.22 Å². The van der Waals surface area contributed by atoms with Gasteiger partial charge in [-0.05, 0) is 19.1 Å². The van der Waals surface area contributed by atoms with Crippen LogP contribution in [-0.4, -0.2) is 37.6 Å². The highest BCUT2D eigenvalue weighted by molar-refractivity contribution is 7.99. The maximum Gasteiger partial charge on any atom is 0.277 e. The van der Waals surface area contributed by atoms with Crippen molar-refractivity contribution in [1.29, 1.82) is 0 Å². The van der Waals surface area contributed by atoms with E-state index in [2.05, 4.69) is 25.5 Å². The maximum atomic E-state index is 12.0. The molecule has 1 N–H and O–H groups in total. The summed E-state index contributed by atoms with van der Waals surface area (Å²) in [6, 6.07) is 3.51. The van der Waals surface area contributed by atoms with Gasteiger partial charge < -0.3 is 9.73 Å². The highest BCUT2D eigenvalue weighted by Gasteiger charge is 2.15. The fourth-order valence-corrected chi connectivity index (χ4v) is 3.38. The first kappa shape index (κ1) is 17.2. The number of pyridine rings is 1. The molecule has 0 atom stereocenters. The van der Waals surface area contributed by atoms with Crippen molar-refractivity contribution in [3.63, 3.8) is 0 Å². The van der Waals surface area contributed by atoms with Crippen LogP contribution in [0.15, 0.2) is 34.2 Å². The topological polar surface area (TPSA) is 111 Å². The van der Waals surface area contributed by atoms with Gasteiger partial charge in [0.1, 0.15) is 0 Å². The molecule has 3 heterocycles. The van der Waals surface area contributed by atoms with Crippen LogP contribution in [0.5, 0.6) is 0 Å². The Kier molecular flexibility index (Phi) is 5.19. The average Bonchev–Trinajstić information content (AvgIpc) is 3.20. The van der Waals surface area contributed by atoms with Crippen molar-refractivity contribution in [2.45, 2.75) is 19.1 Å². The van der Waals surface area contributed by atoms with Crippen LogP contribution in [-0.2, 0) is 4.79 Å². The minimum atomic E-state index is -0.266. The van der Waals surface area contributed by atoms with Crippen molar-refractivity contribution < 1.29 is 14.0 Å². The van der Waals surface area contributed by atoms with E-state index in [0.29, 0.717) is 26.8 Å². The summed E-state index contributed by atoms with van der Waals surface area (Å²) < 4.78 is 5.50. The Balaban J connectivity index is 1.57. The van der Waals surface area contributed by atoms with Crippen molar-refractivity contribution in [2.24, 2.45) is 0 Å². The third-order valence-electron chi connectivity index (χ3n) is 3.02. The number of carbonyl (C=O) groups excluding carboxylic acids is 2. The van der Waals surface area contributed by atoms with Crippen molar-refractivity contribution in [3.8, 4) is 11.5 Å². The minimum absolute atomic E-state index is 0.0700. The number of rotatable bonds is 6. The first-order valence-corrected chi connectivity index (χ1v) is 8.98. The number of nitrogens with zero attached hydrogens (tertiary/aromatic N) is 4. The Morgan fingerprint density at radius 1 is 1.28 bits per heavy atom. The number of Topliss-reactive ketones (excluding diaryl/α,β-unsaturated/α-hetero) is 1. The fraction of sp³-hybridized carbons (Fsp3) is 0.200. The number of aryl methyl sites for hydroxylation is 1. The lowest BCUT2D eigenvalue weighted by atomic mass is 10.3. The summed E-state index contributed by atoms with van der Waals surface area (Å²) >= 11 is 2.28. The number of thiazole rings is 1. The normalized spacial score (nSPS) is 10.6. The molecular formula is C15H13N5O3S2. The Bertz CT molecular complexity index is 907. The van der Waals surface area contributed by atoms with Crippen LogP contribution in [0.2, 0.25) is 0 Å². The first-order chi connectivity index (χ1) is 12.0. The number of hydrogen-bond donors (Lipinski definition) is 1. The second-order valence-electron chi connectivity index (χ2n) is 4.94. The monoisotopic (exact) mass is 375 g/mol. The zero-order chi connectivity index (χ0) is 17.8. The highest BCUT2D eigenvalue weighted by Crippen LogP contribution is 2.25. The van der Waals surface area contributed by atoms with Crippen molar-refractivity contribution in [3.05, 3.63) is 35.1 Å². The quantitative estimate of drug-likeness (QED) is 0.517. The summed E-state index contributed by atoms with van der Waals surface area (Å²) in [7, 11) is 0. The molecule has 0 bridgehead atoms. The number of amides is 1. The summed E-state index contributed by atoms with van der Waals surface area (Å²) in [6.45, 7) is 3.20. The van der Waals surface area contributed by atoms with Crippen LogP contribution in [0.3, 0.4) is 0 Å². The molecule has 0 spiro atoms. The van der Waals surface area contributed by atoms with E-state index in [9.17, 15) is 9.59 Å². The van der Waals surface area contributed by atoms with Crippen LogP contribution in [0.4, 0.5) is 5.13 Å². The van der Waals surface area contributed by atoms with Crippen LogP contribution in [0.1, 0.15) is 22.3 Å². The van der Waals surface area contributed by atoms with Gasteiger partial charge in [-0.25, -0.2) is 4.98 Å². The van der Waals surface area contributed by atoms with E-state index < -0.39 is 0 Å². The standard InChI is InChI=1S/C15H13N5O3S2/c1-8-12(9(2)21)25-14(17-8)18-11(22)7-24-15-20-19-13(23-15)10-3-5-16-6-4-10/h3-6H,7H2,1-2H3,(H,17,18,22). The molecular weight excluding hydrogens is 362 g/mol. The van der Waals surface area contributed by atoms with Crippen molar-refractivity contribution in [1.82, 2.24) is 20.2 Å². The van der Waals surface area contributed by atoms with E-state index in [1.807, 2.05) is 0 Å². The van der Waals surface area contributed by atoms with Gasteiger partial charge in [-0.2, -0.15) is 0 Å². The lowest BCUT2D eigenvalue weighted by molar-refractivity contribution is -0.113. The second kappa shape index (κ2) is 7.53. The first-order valence-electron chi connectivity index (χ1n) is 7.18. The summed E-state index contributed by atoms with van der Waals surface area (Å²) in [4.78, 5) is 32.1. The number of nitrogens with one attached hydrogen (secondary N) is 1. The van der Waals surface area contributed by atoms with Gasteiger partial charge in [0.2, 0.25) is 11.8 Å². The molecule has 0 saturated carbocycles. The Morgan fingerprint density at radius 3 is 2.72 bits per heavy atom. The smallest absolute Gasteiger partial charge is 0.277 e. The van der Waals surface area contributed by atoms with Gasteiger partial charge in [0.15, 0.2) is 10.9 Å². The number of carbonyl (C=O) groups is 2. The molecule has 0 unspecified atom stereocenters. The molecule has 0 aliphatic rings. The summed E-state index contributed by atoms with van der Waals surface area (Å²) in [5.74, 6) is 0.121. The number of thioether (sulfide) groups is 1. The van der Waals surface area contributed by atoms with E-state index >= 15 is 0 Å². The van der Waals surface area contributed by atoms with Crippen molar-refractivity contribution in [2.75, 3.05) is 11.1 Å².